The fourth-order valence-corrected chi connectivity index (χ4v) is 3.10. The molecule has 118 valence electrons. The lowest BCUT2D eigenvalue weighted by Crippen LogP contribution is -2.37. The predicted molar refractivity (Wildman–Crippen MR) is 87.1 cm³/mol. The lowest BCUT2D eigenvalue weighted by atomic mass is 9.76. The van der Waals surface area contributed by atoms with Crippen molar-refractivity contribution in [3.05, 3.63) is 29.8 Å². The molecule has 2 rings (SSSR count). The quantitative estimate of drug-likeness (QED) is 0.834. The molecular formula is C18H29NO2. The van der Waals surface area contributed by atoms with Gasteiger partial charge in [0.05, 0.1) is 7.11 Å². The summed E-state index contributed by atoms with van der Waals surface area (Å²) >= 11 is 0. The van der Waals surface area contributed by atoms with Crippen LogP contribution >= 0.6 is 0 Å². The summed E-state index contributed by atoms with van der Waals surface area (Å²) < 4.78 is 11.0. The van der Waals surface area contributed by atoms with E-state index >= 15 is 0 Å². The minimum atomic E-state index is 0.158. The summed E-state index contributed by atoms with van der Waals surface area (Å²) in [5, 5.41) is 3.70. The van der Waals surface area contributed by atoms with E-state index in [2.05, 4.69) is 37.4 Å². The van der Waals surface area contributed by atoms with Crippen molar-refractivity contribution in [2.45, 2.75) is 51.0 Å². The summed E-state index contributed by atoms with van der Waals surface area (Å²) in [7, 11) is 1.76. The summed E-state index contributed by atoms with van der Waals surface area (Å²) in [5.74, 6) is 1.01. The smallest absolute Gasteiger partial charge is 0.122 e. The molecular weight excluding hydrogens is 262 g/mol. The van der Waals surface area contributed by atoms with E-state index in [1.54, 1.807) is 7.11 Å². The van der Waals surface area contributed by atoms with Crippen LogP contribution in [0.2, 0.25) is 0 Å². The van der Waals surface area contributed by atoms with Crippen LogP contribution in [0.25, 0.3) is 0 Å². The molecule has 0 saturated carbocycles. The van der Waals surface area contributed by atoms with Gasteiger partial charge >= 0.3 is 0 Å². The minimum Gasteiger partial charge on any atom is -0.496 e. The zero-order valence-corrected chi connectivity index (χ0v) is 13.7. The van der Waals surface area contributed by atoms with Gasteiger partial charge in [0, 0.05) is 24.8 Å². The second-order valence-electron chi connectivity index (χ2n) is 6.21. The number of hydrogen-bond acceptors (Lipinski definition) is 3. The predicted octanol–water partition coefficient (Wildman–Crippen LogP) is 3.52. The van der Waals surface area contributed by atoms with Gasteiger partial charge < -0.3 is 14.8 Å². The highest BCUT2D eigenvalue weighted by Gasteiger charge is 2.27. The first-order chi connectivity index (χ1) is 10.2. The molecule has 1 saturated heterocycles. The monoisotopic (exact) mass is 291 g/mol. The lowest BCUT2D eigenvalue weighted by molar-refractivity contribution is 0.0775. The third kappa shape index (κ3) is 4.21. The van der Waals surface area contributed by atoms with Gasteiger partial charge in [-0.15, -0.1) is 0 Å². The summed E-state index contributed by atoms with van der Waals surface area (Å²) in [6.45, 7) is 7.45. The first kappa shape index (κ1) is 16.3. The molecule has 0 aliphatic carbocycles. The maximum Gasteiger partial charge on any atom is 0.122 e. The SMILES string of the molecule is CC[C@](C)(CCNC1CCOCC1)c1ccccc1OC. The maximum atomic E-state index is 5.55. The van der Waals surface area contributed by atoms with Crippen molar-refractivity contribution in [3.63, 3.8) is 0 Å². The molecule has 0 radical (unpaired) electrons. The zero-order chi connectivity index (χ0) is 15.1. The van der Waals surface area contributed by atoms with E-state index in [-0.39, 0.29) is 5.41 Å². The van der Waals surface area contributed by atoms with E-state index in [1.807, 2.05) is 6.07 Å². The summed E-state index contributed by atoms with van der Waals surface area (Å²) in [6.07, 6.45) is 4.51. The minimum absolute atomic E-state index is 0.158. The second kappa shape index (κ2) is 7.81. The van der Waals surface area contributed by atoms with Crippen LogP contribution in [0.5, 0.6) is 5.75 Å². The molecule has 0 unspecified atom stereocenters. The fraction of sp³-hybridized carbons (Fsp3) is 0.667. The average Bonchev–Trinajstić information content (AvgIpc) is 2.55. The molecule has 1 aliphatic heterocycles. The standard InChI is InChI=1S/C18H29NO2/c1-4-18(2,16-7-5-6-8-17(16)20-3)11-12-19-15-9-13-21-14-10-15/h5-8,15,19H,4,9-14H2,1-3H3/t18-/m1/s1. The third-order valence-electron chi connectivity index (χ3n) is 4.87. The van der Waals surface area contributed by atoms with Crippen molar-refractivity contribution in [1.82, 2.24) is 5.32 Å². The Morgan fingerprint density at radius 2 is 2.00 bits per heavy atom. The van der Waals surface area contributed by atoms with Crippen LogP contribution in [-0.4, -0.2) is 32.9 Å². The summed E-state index contributed by atoms with van der Waals surface area (Å²) in [4.78, 5) is 0. The molecule has 0 bridgehead atoms. The molecule has 1 fully saturated rings. The van der Waals surface area contributed by atoms with E-state index < -0.39 is 0 Å². The Kier molecular flexibility index (Phi) is 6.07. The van der Waals surface area contributed by atoms with E-state index in [0.29, 0.717) is 6.04 Å². The Morgan fingerprint density at radius 1 is 1.29 bits per heavy atom. The van der Waals surface area contributed by atoms with Crippen molar-refractivity contribution in [1.29, 1.82) is 0 Å². The highest BCUT2D eigenvalue weighted by Crippen LogP contribution is 2.36. The molecule has 3 heteroatoms. The van der Waals surface area contributed by atoms with Gasteiger partial charge in [-0.1, -0.05) is 32.0 Å². The van der Waals surface area contributed by atoms with Gasteiger partial charge in [-0.25, -0.2) is 0 Å². The van der Waals surface area contributed by atoms with Gasteiger partial charge in [-0.05, 0) is 43.7 Å². The molecule has 1 heterocycles. The van der Waals surface area contributed by atoms with Gasteiger partial charge in [0.1, 0.15) is 5.75 Å². The van der Waals surface area contributed by atoms with Gasteiger partial charge in [0.15, 0.2) is 0 Å². The molecule has 0 spiro atoms. The summed E-state index contributed by atoms with van der Waals surface area (Å²) in [5.41, 5.74) is 1.48. The molecule has 1 N–H and O–H groups in total. The van der Waals surface area contributed by atoms with Crippen LogP contribution < -0.4 is 10.1 Å². The van der Waals surface area contributed by atoms with E-state index in [4.69, 9.17) is 9.47 Å². The van der Waals surface area contributed by atoms with Gasteiger partial charge in [-0.3, -0.25) is 0 Å². The number of ether oxygens (including phenoxy) is 2. The first-order valence-corrected chi connectivity index (χ1v) is 8.14. The third-order valence-corrected chi connectivity index (χ3v) is 4.87. The van der Waals surface area contributed by atoms with Crippen molar-refractivity contribution < 1.29 is 9.47 Å². The Hall–Kier alpha value is -1.06. The number of rotatable bonds is 7. The van der Waals surface area contributed by atoms with Crippen LogP contribution in [0.15, 0.2) is 24.3 Å². The fourth-order valence-electron chi connectivity index (χ4n) is 3.10. The van der Waals surface area contributed by atoms with E-state index in [9.17, 15) is 0 Å². The molecule has 1 aliphatic rings. The van der Waals surface area contributed by atoms with Crippen molar-refractivity contribution in [3.8, 4) is 5.75 Å². The van der Waals surface area contributed by atoms with Crippen LogP contribution in [0.3, 0.4) is 0 Å². The molecule has 0 aromatic heterocycles. The number of para-hydroxylation sites is 1. The topological polar surface area (TPSA) is 30.5 Å². The van der Waals surface area contributed by atoms with E-state index in [1.165, 1.54) is 5.56 Å². The maximum absolute atomic E-state index is 5.55. The number of benzene rings is 1. The highest BCUT2D eigenvalue weighted by atomic mass is 16.5. The Balaban J connectivity index is 1.96. The normalized spacial score (nSPS) is 19.2. The van der Waals surface area contributed by atoms with Crippen LogP contribution in [-0.2, 0) is 10.2 Å². The molecule has 1 aromatic rings. The zero-order valence-electron chi connectivity index (χ0n) is 13.7. The Labute approximate surface area is 129 Å². The van der Waals surface area contributed by atoms with Crippen molar-refractivity contribution >= 4 is 0 Å². The Morgan fingerprint density at radius 3 is 2.67 bits per heavy atom. The van der Waals surface area contributed by atoms with Crippen LogP contribution in [0.1, 0.15) is 45.1 Å². The molecule has 21 heavy (non-hydrogen) atoms. The van der Waals surface area contributed by atoms with Crippen molar-refractivity contribution in [2.75, 3.05) is 26.9 Å². The number of nitrogens with one attached hydrogen (secondary N) is 1. The largest absolute Gasteiger partial charge is 0.496 e. The first-order valence-electron chi connectivity index (χ1n) is 8.14. The highest BCUT2D eigenvalue weighted by molar-refractivity contribution is 5.39. The van der Waals surface area contributed by atoms with E-state index in [0.717, 1.165) is 51.2 Å². The molecule has 0 amide bonds. The van der Waals surface area contributed by atoms with Gasteiger partial charge in [-0.2, -0.15) is 0 Å². The number of methoxy groups -OCH3 is 1. The van der Waals surface area contributed by atoms with Crippen LogP contribution in [0, 0.1) is 0 Å². The molecule has 1 aromatic carbocycles. The molecule has 1 atom stereocenters. The van der Waals surface area contributed by atoms with Gasteiger partial charge in [0.25, 0.3) is 0 Å². The Bertz CT molecular complexity index is 429. The summed E-state index contributed by atoms with van der Waals surface area (Å²) in [6, 6.07) is 9.04. The lowest BCUT2D eigenvalue weighted by Gasteiger charge is -2.32. The second-order valence-corrected chi connectivity index (χ2v) is 6.21. The van der Waals surface area contributed by atoms with Crippen LogP contribution in [0.4, 0.5) is 0 Å². The average molecular weight is 291 g/mol. The van der Waals surface area contributed by atoms with Gasteiger partial charge in [0.2, 0.25) is 0 Å². The molecule has 3 nitrogen and oxygen atoms in total. The number of hydrogen-bond donors (Lipinski definition) is 1. The van der Waals surface area contributed by atoms with Crippen molar-refractivity contribution in [2.24, 2.45) is 0 Å².